The normalized spacial score (nSPS) is 12.2. The number of hydrogen-bond acceptors (Lipinski definition) is 3. The number of nitrogens with zero attached hydrogens (tertiary/aromatic N) is 2. The van der Waals surface area contributed by atoms with Crippen LogP contribution in [-0.4, -0.2) is 22.3 Å². The third-order valence-corrected chi connectivity index (χ3v) is 3.94. The predicted molar refractivity (Wildman–Crippen MR) is 99.1 cm³/mol. The lowest BCUT2D eigenvalue weighted by Crippen LogP contribution is -2.26. The number of rotatable bonds is 6. The summed E-state index contributed by atoms with van der Waals surface area (Å²) in [4.78, 5) is 12.2. The smallest absolute Gasteiger partial charge is 0.243 e. The standard InChI is InChI=1S/C20H20N4O/c1-15(12-16-8-4-2-5-9-16)20(25)24-22-14-18-13-21-23-19(18)17-10-6-3-7-11-17/h2-11,13-15H,12H2,1H3,(H,21,23)(H,24,25). The van der Waals surface area contributed by atoms with E-state index in [4.69, 9.17) is 0 Å². The second-order valence-corrected chi connectivity index (χ2v) is 5.89. The third kappa shape index (κ3) is 4.41. The van der Waals surface area contributed by atoms with Crippen LogP contribution in [0.3, 0.4) is 0 Å². The number of aromatic amines is 1. The van der Waals surface area contributed by atoms with E-state index in [2.05, 4.69) is 20.7 Å². The first-order valence-corrected chi connectivity index (χ1v) is 8.19. The highest BCUT2D eigenvalue weighted by atomic mass is 16.2. The summed E-state index contributed by atoms with van der Waals surface area (Å²) in [7, 11) is 0. The van der Waals surface area contributed by atoms with Crippen molar-refractivity contribution in [2.75, 3.05) is 0 Å². The van der Waals surface area contributed by atoms with Crippen molar-refractivity contribution in [3.05, 3.63) is 78.0 Å². The van der Waals surface area contributed by atoms with Crippen LogP contribution < -0.4 is 5.43 Å². The van der Waals surface area contributed by atoms with Gasteiger partial charge in [0.25, 0.3) is 0 Å². The number of hydrazone groups is 1. The number of carbonyl (C=O) groups excluding carboxylic acids is 1. The number of H-pyrrole nitrogens is 1. The Kier molecular flexibility index (Phi) is 5.36. The van der Waals surface area contributed by atoms with Crippen molar-refractivity contribution in [3.8, 4) is 11.3 Å². The van der Waals surface area contributed by atoms with Gasteiger partial charge in [-0.15, -0.1) is 0 Å². The maximum Gasteiger partial charge on any atom is 0.243 e. The Morgan fingerprint density at radius 1 is 1.16 bits per heavy atom. The highest BCUT2D eigenvalue weighted by Crippen LogP contribution is 2.18. The largest absolute Gasteiger partial charge is 0.277 e. The van der Waals surface area contributed by atoms with Gasteiger partial charge in [-0.3, -0.25) is 9.89 Å². The van der Waals surface area contributed by atoms with Gasteiger partial charge in [0.15, 0.2) is 0 Å². The molecule has 2 aromatic carbocycles. The minimum atomic E-state index is -0.155. The van der Waals surface area contributed by atoms with E-state index in [9.17, 15) is 4.79 Å². The summed E-state index contributed by atoms with van der Waals surface area (Å²) in [5, 5.41) is 11.1. The van der Waals surface area contributed by atoms with Crippen molar-refractivity contribution >= 4 is 12.1 Å². The maximum absolute atomic E-state index is 12.2. The molecule has 0 bridgehead atoms. The molecule has 1 amide bonds. The van der Waals surface area contributed by atoms with Gasteiger partial charge in [0.05, 0.1) is 18.1 Å². The summed E-state index contributed by atoms with van der Waals surface area (Å²) in [6.45, 7) is 1.89. The van der Waals surface area contributed by atoms with Gasteiger partial charge in [-0.2, -0.15) is 10.2 Å². The number of hydrogen-bond donors (Lipinski definition) is 2. The van der Waals surface area contributed by atoms with E-state index in [-0.39, 0.29) is 11.8 Å². The molecule has 1 atom stereocenters. The molecule has 0 saturated heterocycles. The molecule has 5 nitrogen and oxygen atoms in total. The average molecular weight is 332 g/mol. The van der Waals surface area contributed by atoms with E-state index in [1.165, 1.54) is 0 Å². The average Bonchev–Trinajstić information content (AvgIpc) is 3.11. The minimum Gasteiger partial charge on any atom is -0.277 e. The summed E-state index contributed by atoms with van der Waals surface area (Å²) in [6.07, 6.45) is 3.98. The molecular formula is C20H20N4O. The van der Waals surface area contributed by atoms with E-state index in [0.717, 1.165) is 22.4 Å². The number of benzene rings is 2. The van der Waals surface area contributed by atoms with E-state index < -0.39 is 0 Å². The van der Waals surface area contributed by atoms with E-state index in [0.29, 0.717) is 6.42 Å². The van der Waals surface area contributed by atoms with E-state index >= 15 is 0 Å². The molecule has 3 aromatic rings. The Balaban J connectivity index is 1.60. The minimum absolute atomic E-state index is 0.107. The predicted octanol–water partition coefficient (Wildman–Crippen LogP) is 3.41. The summed E-state index contributed by atoms with van der Waals surface area (Å²) < 4.78 is 0. The molecule has 0 aliphatic rings. The Hall–Kier alpha value is -3.21. The summed E-state index contributed by atoms with van der Waals surface area (Å²) in [6, 6.07) is 19.8. The van der Waals surface area contributed by atoms with Gasteiger partial charge < -0.3 is 0 Å². The lowest BCUT2D eigenvalue weighted by molar-refractivity contribution is -0.124. The van der Waals surface area contributed by atoms with Gasteiger partial charge in [0.1, 0.15) is 0 Å². The molecule has 1 unspecified atom stereocenters. The second-order valence-electron chi connectivity index (χ2n) is 5.89. The SMILES string of the molecule is CC(Cc1ccccc1)C(=O)NN=Cc1cn[nH]c1-c1ccccc1. The van der Waals surface area contributed by atoms with Crippen LogP contribution in [0, 0.1) is 5.92 Å². The summed E-state index contributed by atoms with van der Waals surface area (Å²) in [5.41, 5.74) is 6.45. The first-order chi connectivity index (χ1) is 12.2. The van der Waals surface area contributed by atoms with Crippen LogP contribution in [0.1, 0.15) is 18.1 Å². The van der Waals surface area contributed by atoms with Crippen LogP contribution in [0.2, 0.25) is 0 Å². The number of nitrogens with one attached hydrogen (secondary N) is 2. The molecular weight excluding hydrogens is 312 g/mol. The zero-order valence-corrected chi connectivity index (χ0v) is 14.0. The Morgan fingerprint density at radius 2 is 1.84 bits per heavy atom. The van der Waals surface area contributed by atoms with Crippen molar-refractivity contribution in [3.63, 3.8) is 0 Å². The molecule has 0 aliphatic heterocycles. The van der Waals surface area contributed by atoms with Gasteiger partial charge in [-0.25, -0.2) is 5.43 Å². The maximum atomic E-state index is 12.2. The number of aromatic nitrogens is 2. The monoisotopic (exact) mass is 332 g/mol. The molecule has 5 heteroatoms. The van der Waals surface area contributed by atoms with Crippen molar-refractivity contribution in [1.29, 1.82) is 0 Å². The van der Waals surface area contributed by atoms with E-state index in [1.807, 2.05) is 67.6 Å². The number of carbonyl (C=O) groups is 1. The lowest BCUT2D eigenvalue weighted by atomic mass is 10.0. The molecule has 1 aromatic heterocycles. The molecule has 25 heavy (non-hydrogen) atoms. The Labute approximate surface area is 146 Å². The van der Waals surface area contributed by atoms with Crippen molar-refractivity contribution in [1.82, 2.24) is 15.6 Å². The molecule has 0 fully saturated rings. The summed E-state index contributed by atoms with van der Waals surface area (Å²) >= 11 is 0. The number of amides is 1. The molecule has 0 saturated carbocycles. The van der Waals surface area contributed by atoms with Crippen molar-refractivity contribution in [2.24, 2.45) is 11.0 Å². The van der Waals surface area contributed by atoms with Gasteiger partial charge in [0.2, 0.25) is 5.91 Å². The molecule has 0 spiro atoms. The van der Waals surface area contributed by atoms with Crippen LogP contribution in [0.25, 0.3) is 11.3 Å². The third-order valence-electron chi connectivity index (χ3n) is 3.94. The van der Waals surface area contributed by atoms with Crippen molar-refractivity contribution in [2.45, 2.75) is 13.3 Å². The topological polar surface area (TPSA) is 70.1 Å². The van der Waals surface area contributed by atoms with Gasteiger partial charge in [0, 0.05) is 17.0 Å². The van der Waals surface area contributed by atoms with Crippen LogP contribution in [-0.2, 0) is 11.2 Å². The molecule has 0 aliphatic carbocycles. The zero-order valence-electron chi connectivity index (χ0n) is 14.0. The van der Waals surface area contributed by atoms with E-state index in [1.54, 1.807) is 12.4 Å². The molecule has 2 N–H and O–H groups in total. The zero-order chi connectivity index (χ0) is 17.5. The molecule has 3 rings (SSSR count). The second kappa shape index (κ2) is 8.06. The first-order valence-electron chi connectivity index (χ1n) is 8.19. The van der Waals surface area contributed by atoms with Crippen LogP contribution in [0.4, 0.5) is 0 Å². The quantitative estimate of drug-likeness (QED) is 0.536. The Bertz CT molecular complexity index is 840. The highest BCUT2D eigenvalue weighted by molar-refractivity contribution is 5.89. The summed E-state index contributed by atoms with van der Waals surface area (Å²) in [5.74, 6) is -0.262. The fourth-order valence-electron chi connectivity index (χ4n) is 2.57. The van der Waals surface area contributed by atoms with Crippen molar-refractivity contribution < 1.29 is 4.79 Å². The fourth-order valence-corrected chi connectivity index (χ4v) is 2.57. The van der Waals surface area contributed by atoms with Crippen LogP contribution in [0.5, 0.6) is 0 Å². The molecule has 1 heterocycles. The Morgan fingerprint density at radius 3 is 2.56 bits per heavy atom. The first kappa shape index (κ1) is 16.6. The van der Waals surface area contributed by atoms with Gasteiger partial charge >= 0.3 is 0 Å². The molecule has 0 radical (unpaired) electrons. The highest BCUT2D eigenvalue weighted by Gasteiger charge is 2.12. The molecule has 126 valence electrons. The van der Waals surface area contributed by atoms with Crippen LogP contribution in [0.15, 0.2) is 72.0 Å². The van der Waals surface area contributed by atoms with Gasteiger partial charge in [-0.1, -0.05) is 67.6 Å². The fraction of sp³-hybridized carbons (Fsp3) is 0.150. The van der Waals surface area contributed by atoms with Crippen LogP contribution >= 0.6 is 0 Å². The lowest BCUT2D eigenvalue weighted by Gasteiger charge is -2.09. The van der Waals surface area contributed by atoms with Gasteiger partial charge in [-0.05, 0) is 12.0 Å².